The van der Waals surface area contributed by atoms with Crippen molar-refractivity contribution in [3.63, 3.8) is 0 Å². The summed E-state index contributed by atoms with van der Waals surface area (Å²) in [6, 6.07) is 4.82. The minimum atomic E-state index is -1.28. The van der Waals surface area contributed by atoms with E-state index in [-0.39, 0.29) is 48.0 Å². The highest BCUT2D eigenvalue weighted by atomic mass is 33.1. The summed E-state index contributed by atoms with van der Waals surface area (Å²) in [5.41, 5.74) is -0.267. The molecule has 0 aromatic carbocycles. The van der Waals surface area contributed by atoms with Gasteiger partial charge in [0.05, 0.1) is 13.2 Å². The number of ketones is 1. The topological polar surface area (TPSA) is 152 Å². The van der Waals surface area contributed by atoms with Gasteiger partial charge in [-0.2, -0.15) is 0 Å². The van der Waals surface area contributed by atoms with Crippen molar-refractivity contribution in [2.75, 3.05) is 19.4 Å². The van der Waals surface area contributed by atoms with E-state index < -0.39 is 23.9 Å². The molecule has 10 nitrogen and oxygen atoms in total. The quantitative estimate of drug-likeness (QED) is 0.104. The summed E-state index contributed by atoms with van der Waals surface area (Å²) in [7, 11) is 4.25. The fourth-order valence-electron chi connectivity index (χ4n) is 3.30. The van der Waals surface area contributed by atoms with Gasteiger partial charge in [-0.1, -0.05) is 37.1 Å². The van der Waals surface area contributed by atoms with Gasteiger partial charge >= 0.3 is 11.9 Å². The maximum Gasteiger partial charge on any atom is 0.331 e. The molecule has 0 aliphatic rings. The molecule has 1 aromatic rings. The Morgan fingerprint density at radius 1 is 1.11 bits per heavy atom. The lowest BCUT2D eigenvalue weighted by Gasteiger charge is -2.24. The number of carbonyl (C=O) groups is 5. The number of ether oxygens (including phenoxy) is 1. The van der Waals surface area contributed by atoms with Crippen LogP contribution < -0.4 is 10.6 Å². The van der Waals surface area contributed by atoms with Gasteiger partial charge in [0.1, 0.15) is 5.03 Å². The highest BCUT2D eigenvalue weighted by Gasteiger charge is 2.28. The number of aromatic nitrogens is 1. The molecule has 0 spiro atoms. The Hall–Kier alpha value is -2.86. The van der Waals surface area contributed by atoms with Crippen molar-refractivity contribution >= 4 is 51.1 Å². The number of carbonyl (C=O) groups excluding carboxylic acids is 4. The second-order valence-corrected chi connectivity index (χ2v) is 11.0. The fraction of sp³-hybridized carbons (Fsp3) is 0.538. The Kier molecular flexibility index (Phi) is 16.1. The number of rotatable bonds is 18. The van der Waals surface area contributed by atoms with Crippen LogP contribution in [-0.2, 0) is 28.7 Å². The van der Waals surface area contributed by atoms with Crippen molar-refractivity contribution in [1.82, 2.24) is 15.6 Å². The highest BCUT2D eigenvalue weighted by Crippen LogP contribution is 2.29. The Morgan fingerprint density at radius 2 is 1.84 bits per heavy atom. The molecule has 0 aliphatic heterocycles. The van der Waals surface area contributed by atoms with E-state index in [2.05, 4.69) is 20.4 Å². The molecule has 0 aliphatic carbocycles. The summed E-state index contributed by atoms with van der Waals surface area (Å²) in [4.78, 5) is 65.2. The average Bonchev–Trinajstić information content (AvgIpc) is 2.91. The van der Waals surface area contributed by atoms with Crippen LogP contribution in [0.25, 0.3) is 0 Å². The minimum absolute atomic E-state index is 0.0738. The van der Waals surface area contributed by atoms with Crippen LogP contribution in [0.5, 0.6) is 0 Å². The van der Waals surface area contributed by atoms with E-state index in [0.29, 0.717) is 31.6 Å². The highest BCUT2D eigenvalue weighted by molar-refractivity contribution is 8.76. The lowest BCUT2D eigenvalue weighted by molar-refractivity contribution is -0.140. The van der Waals surface area contributed by atoms with Crippen LogP contribution in [-0.4, -0.2) is 65.1 Å². The van der Waals surface area contributed by atoms with Crippen molar-refractivity contribution in [3.8, 4) is 0 Å². The van der Waals surface area contributed by atoms with Gasteiger partial charge in [0, 0.05) is 48.9 Å². The summed E-state index contributed by atoms with van der Waals surface area (Å²) in [6.07, 6.45) is 2.93. The Bertz CT molecular complexity index is 986. The number of hydrogen-bond donors (Lipinski definition) is 3. The maximum absolute atomic E-state index is 13.0. The largest absolute Gasteiger partial charge is 0.478 e. The molecule has 38 heavy (non-hydrogen) atoms. The number of esters is 1. The van der Waals surface area contributed by atoms with Gasteiger partial charge in [0.25, 0.3) is 0 Å². The minimum Gasteiger partial charge on any atom is -0.478 e. The molecule has 2 amide bonds. The summed E-state index contributed by atoms with van der Waals surface area (Å²) >= 11 is 0. The fourth-order valence-corrected chi connectivity index (χ4v) is 5.17. The van der Waals surface area contributed by atoms with Gasteiger partial charge in [-0.25, -0.2) is 9.78 Å². The zero-order valence-corrected chi connectivity index (χ0v) is 23.9. The number of pyridine rings is 1. The smallest absolute Gasteiger partial charge is 0.331 e. The van der Waals surface area contributed by atoms with E-state index in [1.807, 2.05) is 32.0 Å². The van der Waals surface area contributed by atoms with Crippen LogP contribution in [0.1, 0.15) is 59.3 Å². The third-order valence-electron chi connectivity index (χ3n) is 5.82. The molecule has 1 aromatic heterocycles. The first-order valence-electron chi connectivity index (χ1n) is 12.4. The summed E-state index contributed by atoms with van der Waals surface area (Å²) in [6.45, 7) is 5.32. The van der Waals surface area contributed by atoms with Crippen LogP contribution >= 0.6 is 21.6 Å². The lowest BCUT2D eigenvalue weighted by Crippen LogP contribution is -2.46. The van der Waals surface area contributed by atoms with Crippen LogP contribution in [0.2, 0.25) is 0 Å². The lowest BCUT2D eigenvalue weighted by atomic mass is 9.92. The molecular weight excluding hydrogens is 530 g/mol. The Labute approximate surface area is 231 Å². The molecule has 0 saturated heterocycles. The normalized spacial score (nSPS) is 13.1. The standard InChI is InChI=1S/C26H37N3O7S2/c1-5-17(2)24(29-25(33)19(18(3)26(34)35)11-12-23(32)36-4)20(30)9-8-15-27-21(31)13-16-37-38-22-10-6-7-14-28-22/h6-7,10,14,17,24H,5,8-9,11-13,15-16H2,1-4H3,(H,27,31)(H,29,33)(H,34,35)/b19-18-/t17?,24-/m0/s1. The van der Waals surface area contributed by atoms with E-state index in [9.17, 15) is 29.1 Å². The van der Waals surface area contributed by atoms with Gasteiger partial charge in [0.15, 0.2) is 5.78 Å². The predicted molar refractivity (Wildman–Crippen MR) is 147 cm³/mol. The molecule has 210 valence electrons. The van der Waals surface area contributed by atoms with Gasteiger partial charge < -0.3 is 20.5 Å². The van der Waals surface area contributed by atoms with Crippen molar-refractivity contribution in [1.29, 1.82) is 0 Å². The molecule has 1 heterocycles. The zero-order valence-electron chi connectivity index (χ0n) is 22.3. The summed E-state index contributed by atoms with van der Waals surface area (Å²) in [5, 5.41) is 15.7. The van der Waals surface area contributed by atoms with E-state index in [4.69, 9.17) is 0 Å². The first-order valence-corrected chi connectivity index (χ1v) is 14.7. The second kappa shape index (κ2) is 18.4. The van der Waals surface area contributed by atoms with Crippen molar-refractivity contribution in [3.05, 3.63) is 35.5 Å². The van der Waals surface area contributed by atoms with Crippen molar-refractivity contribution in [2.45, 2.75) is 70.4 Å². The molecule has 2 atom stereocenters. The molecule has 3 N–H and O–H groups in total. The molecule has 0 saturated carbocycles. The third kappa shape index (κ3) is 12.6. The van der Waals surface area contributed by atoms with Gasteiger partial charge in [-0.05, 0) is 48.6 Å². The molecule has 12 heteroatoms. The van der Waals surface area contributed by atoms with Gasteiger partial charge in [-0.15, -0.1) is 0 Å². The van der Waals surface area contributed by atoms with E-state index in [1.165, 1.54) is 35.6 Å². The number of nitrogens with zero attached hydrogens (tertiary/aromatic N) is 1. The summed E-state index contributed by atoms with van der Waals surface area (Å²) < 4.78 is 4.58. The third-order valence-corrected chi connectivity index (χ3v) is 8.08. The summed E-state index contributed by atoms with van der Waals surface area (Å²) in [5.74, 6) is -2.43. The monoisotopic (exact) mass is 567 g/mol. The number of hydrogen-bond acceptors (Lipinski definition) is 9. The van der Waals surface area contributed by atoms with Gasteiger partial charge in [-0.3, -0.25) is 19.2 Å². The number of nitrogens with one attached hydrogen (secondary N) is 2. The number of carboxylic acid groups (broad SMARTS) is 1. The van der Waals surface area contributed by atoms with Crippen molar-refractivity contribution < 1.29 is 33.8 Å². The SMILES string of the molecule is CCC(C)[C@H](NC(=O)/C(CCC(=O)OC)=C(/C)C(=O)O)C(=O)CCCNC(=O)CCSSc1ccccn1. The van der Waals surface area contributed by atoms with Gasteiger partial charge in [0.2, 0.25) is 11.8 Å². The molecular formula is C26H37N3O7S2. The predicted octanol–water partition coefficient (Wildman–Crippen LogP) is 3.56. The molecule has 1 rings (SSSR count). The van der Waals surface area contributed by atoms with Crippen LogP contribution in [0.3, 0.4) is 0 Å². The maximum atomic E-state index is 13.0. The van der Waals surface area contributed by atoms with Crippen LogP contribution in [0.4, 0.5) is 0 Å². The van der Waals surface area contributed by atoms with Crippen LogP contribution in [0, 0.1) is 5.92 Å². The molecule has 1 unspecified atom stereocenters. The van der Waals surface area contributed by atoms with Crippen molar-refractivity contribution in [2.24, 2.45) is 5.92 Å². The zero-order chi connectivity index (χ0) is 28.5. The van der Waals surface area contributed by atoms with E-state index in [0.717, 1.165) is 5.03 Å². The number of amides is 2. The second-order valence-electron chi connectivity index (χ2n) is 8.56. The van der Waals surface area contributed by atoms with E-state index in [1.54, 1.807) is 6.20 Å². The Balaban J connectivity index is 2.58. The number of aliphatic carboxylic acids is 1. The van der Waals surface area contributed by atoms with E-state index >= 15 is 0 Å². The first kappa shape index (κ1) is 33.2. The molecule has 0 bridgehead atoms. The Morgan fingerprint density at radius 3 is 2.45 bits per heavy atom. The number of methoxy groups -OCH3 is 1. The molecule has 0 fully saturated rings. The number of Topliss-reactive ketones (excluding diaryl/α,β-unsaturated/α-hetero) is 1. The first-order chi connectivity index (χ1) is 18.1. The molecule has 0 radical (unpaired) electrons. The number of carboxylic acids is 1. The van der Waals surface area contributed by atoms with Crippen LogP contribution in [0.15, 0.2) is 40.6 Å². The average molecular weight is 568 g/mol.